The van der Waals surface area contributed by atoms with Crippen molar-refractivity contribution in [2.75, 3.05) is 31.1 Å². The van der Waals surface area contributed by atoms with Gasteiger partial charge in [-0.1, -0.05) is 6.07 Å². The van der Waals surface area contributed by atoms with E-state index in [1.54, 1.807) is 29.7 Å². The molecule has 1 saturated heterocycles. The first-order chi connectivity index (χ1) is 15.8. The summed E-state index contributed by atoms with van der Waals surface area (Å²) in [5, 5.41) is 3.48. The minimum Gasteiger partial charge on any atom is -0.368 e. The molecule has 4 rings (SSSR count). The SMILES string of the molecule is Cc1nc2nc(C(F)(F)F)nn2c(C)c1CC(=O)N1CCN(c2cccc(C(F)(F)F)c2)CC1. The van der Waals surface area contributed by atoms with Crippen LogP contribution in [0.5, 0.6) is 0 Å². The summed E-state index contributed by atoms with van der Waals surface area (Å²) >= 11 is 0. The number of piperazine rings is 1. The van der Waals surface area contributed by atoms with Crippen LogP contribution in [0, 0.1) is 13.8 Å². The number of aromatic nitrogens is 4. The first kappa shape index (κ1) is 23.8. The van der Waals surface area contributed by atoms with Gasteiger partial charge in [-0.05, 0) is 32.0 Å². The summed E-state index contributed by atoms with van der Waals surface area (Å²) in [5.74, 6) is -1.77. The summed E-state index contributed by atoms with van der Waals surface area (Å²) in [4.78, 5) is 23.7. The number of nitrogens with zero attached hydrogens (tertiary/aromatic N) is 6. The molecule has 0 atom stereocenters. The molecule has 0 bridgehead atoms. The number of rotatable bonds is 3. The Kier molecular flexibility index (Phi) is 5.90. The second-order valence-corrected chi connectivity index (χ2v) is 8.00. The van der Waals surface area contributed by atoms with Crippen molar-refractivity contribution in [2.24, 2.45) is 0 Å². The molecule has 0 saturated carbocycles. The molecule has 0 unspecified atom stereocenters. The molecular formula is C21H20F6N6O. The van der Waals surface area contributed by atoms with E-state index in [2.05, 4.69) is 15.1 Å². The molecule has 0 aliphatic carbocycles. The second-order valence-electron chi connectivity index (χ2n) is 8.00. The van der Waals surface area contributed by atoms with Crippen molar-refractivity contribution in [1.82, 2.24) is 24.5 Å². The van der Waals surface area contributed by atoms with E-state index in [0.717, 1.165) is 16.6 Å². The third-order valence-corrected chi connectivity index (χ3v) is 5.80. The van der Waals surface area contributed by atoms with Gasteiger partial charge in [0.25, 0.3) is 11.6 Å². The van der Waals surface area contributed by atoms with Crippen molar-refractivity contribution in [1.29, 1.82) is 0 Å². The first-order valence-corrected chi connectivity index (χ1v) is 10.3. The summed E-state index contributed by atoms with van der Waals surface area (Å²) in [7, 11) is 0. The van der Waals surface area contributed by atoms with Crippen LogP contribution >= 0.6 is 0 Å². The van der Waals surface area contributed by atoms with Gasteiger partial charge in [-0.2, -0.15) is 31.3 Å². The van der Waals surface area contributed by atoms with Gasteiger partial charge < -0.3 is 9.80 Å². The largest absolute Gasteiger partial charge is 0.453 e. The first-order valence-electron chi connectivity index (χ1n) is 10.3. The third-order valence-electron chi connectivity index (χ3n) is 5.80. The Morgan fingerprint density at radius 1 is 0.971 bits per heavy atom. The van der Waals surface area contributed by atoms with Crippen molar-refractivity contribution < 1.29 is 31.1 Å². The predicted octanol–water partition coefficient (Wildman–Crippen LogP) is 3.67. The van der Waals surface area contributed by atoms with Gasteiger partial charge >= 0.3 is 12.4 Å². The minimum absolute atomic E-state index is 0.0919. The van der Waals surface area contributed by atoms with E-state index in [1.807, 2.05) is 0 Å². The maximum Gasteiger partial charge on any atom is 0.453 e. The van der Waals surface area contributed by atoms with E-state index in [9.17, 15) is 31.1 Å². The van der Waals surface area contributed by atoms with Gasteiger partial charge in [0.05, 0.1) is 12.0 Å². The van der Waals surface area contributed by atoms with Gasteiger partial charge in [0.15, 0.2) is 0 Å². The molecule has 34 heavy (non-hydrogen) atoms. The normalized spacial score (nSPS) is 15.3. The molecule has 2 aromatic heterocycles. The molecule has 1 aromatic carbocycles. The Morgan fingerprint density at radius 3 is 2.26 bits per heavy atom. The van der Waals surface area contributed by atoms with Gasteiger partial charge in [-0.15, -0.1) is 5.10 Å². The molecule has 0 radical (unpaired) electrons. The van der Waals surface area contributed by atoms with Gasteiger partial charge in [0, 0.05) is 48.8 Å². The fourth-order valence-electron chi connectivity index (χ4n) is 3.94. The van der Waals surface area contributed by atoms with Crippen LogP contribution in [-0.2, 0) is 23.6 Å². The van der Waals surface area contributed by atoms with Crippen molar-refractivity contribution in [3.05, 3.63) is 52.6 Å². The zero-order chi connectivity index (χ0) is 24.8. The highest BCUT2D eigenvalue weighted by Crippen LogP contribution is 2.32. The van der Waals surface area contributed by atoms with Crippen molar-refractivity contribution in [3.8, 4) is 0 Å². The zero-order valence-electron chi connectivity index (χ0n) is 18.2. The summed E-state index contributed by atoms with van der Waals surface area (Å²) in [6.07, 6.45) is -9.25. The number of carbonyl (C=O) groups excluding carboxylic acids is 1. The number of benzene rings is 1. The average molecular weight is 486 g/mol. The highest BCUT2D eigenvalue weighted by Gasteiger charge is 2.37. The van der Waals surface area contributed by atoms with E-state index in [-0.39, 0.29) is 18.1 Å². The molecule has 3 aromatic rings. The number of hydrogen-bond donors (Lipinski definition) is 0. The average Bonchev–Trinajstić information content (AvgIpc) is 3.21. The van der Waals surface area contributed by atoms with Crippen LogP contribution in [0.3, 0.4) is 0 Å². The van der Waals surface area contributed by atoms with E-state index in [1.165, 1.54) is 6.07 Å². The summed E-state index contributed by atoms with van der Waals surface area (Å²) < 4.78 is 78.8. The van der Waals surface area contributed by atoms with Gasteiger partial charge in [0.2, 0.25) is 5.91 Å². The number of halogens is 6. The molecule has 1 aliphatic rings. The zero-order valence-corrected chi connectivity index (χ0v) is 18.2. The molecule has 0 spiro atoms. The van der Waals surface area contributed by atoms with Crippen LogP contribution < -0.4 is 4.90 Å². The van der Waals surface area contributed by atoms with Crippen molar-refractivity contribution in [3.63, 3.8) is 0 Å². The highest BCUT2D eigenvalue weighted by atomic mass is 19.4. The molecule has 0 N–H and O–H groups in total. The molecule has 182 valence electrons. The lowest BCUT2D eigenvalue weighted by Crippen LogP contribution is -2.49. The van der Waals surface area contributed by atoms with E-state index in [0.29, 0.717) is 48.8 Å². The van der Waals surface area contributed by atoms with Crippen LogP contribution in [-0.4, -0.2) is 56.6 Å². The van der Waals surface area contributed by atoms with Crippen LogP contribution in [0.2, 0.25) is 0 Å². The van der Waals surface area contributed by atoms with Gasteiger partial charge in [-0.25, -0.2) is 9.50 Å². The number of alkyl halides is 6. The fourth-order valence-corrected chi connectivity index (χ4v) is 3.94. The Balaban J connectivity index is 1.46. The van der Waals surface area contributed by atoms with Crippen LogP contribution in [0.25, 0.3) is 5.78 Å². The van der Waals surface area contributed by atoms with Crippen LogP contribution in [0.15, 0.2) is 24.3 Å². The Bertz CT molecular complexity index is 1230. The Labute approximate surface area is 190 Å². The van der Waals surface area contributed by atoms with Crippen LogP contribution in [0.1, 0.15) is 28.3 Å². The number of fused-ring (bicyclic) bond motifs is 1. The van der Waals surface area contributed by atoms with Crippen molar-refractivity contribution in [2.45, 2.75) is 32.6 Å². The Morgan fingerprint density at radius 2 is 1.65 bits per heavy atom. The standard InChI is InChI=1S/C21H20F6N6O/c1-12-16(13(2)33-19(28-12)29-18(30-33)21(25,26)27)11-17(34)32-8-6-31(7-9-32)15-5-3-4-14(10-15)20(22,23)24/h3-5,10H,6-9,11H2,1-2H3. The summed E-state index contributed by atoms with van der Waals surface area (Å²) in [6, 6.07) is 5.02. The van der Waals surface area contributed by atoms with Crippen molar-refractivity contribution >= 4 is 17.4 Å². The lowest BCUT2D eigenvalue weighted by atomic mass is 10.1. The monoisotopic (exact) mass is 486 g/mol. The van der Waals surface area contributed by atoms with E-state index in [4.69, 9.17) is 0 Å². The van der Waals surface area contributed by atoms with Gasteiger partial charge in [0.1, 0.15) is 0 Å². The molecular weight excluding hydrogens is 466 g/mol. The summed E-state index contributed by atoms with van der Waals surface area (Å²) in [6.45, 7) is 4.42. The molecule has 7 nitrogen and oxygen atoms in total. The molecule has 1 fully saturated rings. The fraction of sp³-hybridized carbons (Fsp3) is 0.429. The lowest BCUT2D eigenvalue weighted by Gasteiger charge is -2.36. The van der Waals surface area contributed by atoms with Gasteiger partial charge in [-0.3, -0.25) is 4.79 Å². The Hall–Kier alpha value is -3.38. The maximum absolute atomic E-state index is 13.0. The number of amides is 1. The third kappa shape index (κ3) is 4.64. The molecule has 1 amide bonds. The molecule has 13 heteroatoms. The maximum atomic E-state index is 13.0. The van der Waals surface area contributed by atoms with E-state index < -0.39 is 23.7 Å². The molecule has 1 aliphatic heterocycles. The number of hydrogen-bond acceptors (Lipinski definition) is 5. The van der Waals surface area contributed by atoms with Crippen LogP contribution in [0.4, 0.5) is 32.0 Å². The molecule has 3 heterocycles. The number of aryl methyl sites for hydroxylation is 2. The quantitative estimate of drug-likeness (QED) is 0.529. The predicted molar refractivity (Wildman–Crippen MR) is 109 cm³/mol. The highest BCUT2D eigenvalue weighted by molar-refractivity contribution is 5.79. The number of carbonyl (C=O) groups is 1. The summed E-state index contributed by atoms with van der Waals surface area (Å²) in [5.41, 5.74) is 0.856. The smallest absolute Gasteiger partial charge is 0.368 e. The second kappa shape index (κ2) is 8.44. The van der Waals surface area contributed by atoms with E-state index >= 15 is 0 Å². The number of anilines is 1. The minimum atomic E-state index is -4.72. The topological polar surface area (TPSA) is 66.6 Å². The lowest BCUT2D eigenvalue weighted by molar-refractivity contribution is -0.144.